The molecule has 0 unspecified atom stereocenters. The van der Waals surface area contributed by atoms with Crippen LogP contribution in [0.5, 0.6) is 0 Å². The Kier molecular flexibility index (Phi) is 4.52. The number of hydrogen-bond donors (Lipinski definition) is 3. The molecule has 0 aliphatic carbocycles. The summed E-state index contributed by atoms with van der Waals surface area (Å²) in [5.41, 5.74) is 6.53. The molecule has 4 N–H and O–H groups in total. The second-order valence-electron chi connectivity index (χ2n) is 4.61. The lowest BCUT2D eigenvalue weighted by Gasteiger charge is -2.17. The minimum atomic E-state index is -0.00217. The number of nitrogen functional groups attached to an aromatic ring is 1. The SMILES string of the molecule is CCCC[C@@H](CO)Nc1nc(N)nc2ccccc12. The molecule has 1 aromatic carbocycles. The van der Waals surface area contributed by atoms with Crippen LogP contribution in [0.2, 0.25) is 0 Å². The third-order valence-electron chi connectivity index (χ3n) is 3.09. The second-order valence-corrected chi connectivity index (χ2v) is 4.61. The first-order chi connectivity index (χ1) is 9.24. The minimum absolute atomic E-state index is 0.00217. The van der Waals surface area contributed by atoms with E-state index in [2.05, 4.69) is 22.2 Å². The number of unbranched alkanes of at least 4 members (excludes halogenated alkanes) is 1. The summed E-state index contributed by atoms with van der Waals surface area (Å²) in [7, 11) is 0. The first kappa shape index (κ1) is 13.5. The average Bonchev–Trinajstić information content (AvgIpc) is 2.43. The summed E-state index contributed by atoms with van der Waals surface area (Å²) in [6.45, 7) is 2.21. The second kappa shape index (κ2) is 6.33. The van der Waals surface area contributed by atoms with Crippen molar-refractivity contribution >= 4 is 22.7 Å². The normalized spacial score (nSPS) is 12.5. The number of para-hydroxylation sites is 1. The molecule has 5 nitrogen and oxygen atoms in total. The predicted octanol–water partition coefficient (Wildman–Crippen LogP) is 2.17. The zero-order valence-electron chi connectivity index (χ0n) is 11.1. The van der Waals surface area contributed by atoms with Crippen LogP contribution < -0.4 is 11.1 Å². The van der Waals surface area contributed by atoms with E-state index in [9.17, 15) is 5.11 Å². The molecular weight excluding hydrogens is 240 g/mol. The van der Waals surface area contributed by atoms with E-state index in [0.717, 1.165) is 30.2 Å². The van der Waals surface area contributed by atoms with Crippen molar-refractivity contribution < 1.29 is 5.11 Å². The molecule has 0 fully saturated rings. The van der Waals surface area contributed by atoms with Gasteiger partial charge in [-0.25, -0.2) is 4.98 Å². The summed E-state index contributed by atoms with van der Waals surface area (Å²) in [6.07, 6.45) is 3.08. The van der Waals surface area contributed by atoms with Crippen LogP contribution in [0.3, 0.4) is 0 Å². The van der Waals surface area contributed by atoms with Crippen molar-refractivity contribution in [2.24, 2.45) is 0 Å². The number of aliphatic hydroxyl groups is 1. The Hall–Kier alpha value is -1.88. The minimum Gasteiger partial charge on any atom is -0.394 e. The third kappa shape index (κ3) is 3.32. The number of nitrogens with two attached hydrogens (primary N) is 1. The highest BCUT2D eigenvalue weighted by Gasteiger charge is 2.11. The molecule has 5 heteroatoms. The van der Waals surface area contributed by atoms with Gasteiger partial charge in [-0.15, -0.1) is 0 Å². The molecule has 0 aliphatic heterocycles. The summed E-state index contributed by atoms with van der Waals surface area (Å²) in [4.78, 5) is 8.44. The number of benzene rings is 1. The predicted molar refractivity (Wildman–Crippen MR) is 78.0 cm³/mol. The maximum absolute atomic E-state index is 9.42. The van der Waals surface area contributed by atoms with E-state index in [-0.39, 0.29) is 18.6 Å². The van der Waals surface area contributed by atoms with Crippen molar-refractivity contribution in [1.29, 1.82) is 0 Å². The van der Waals surface area contributed by atoms with Gasteiger partial charge in [-0.1, -0.05) is 31.9 Å². The van der Waals surface area contributed by atoms with Crippen LogP contribution >= 0.6 is 0 Å². The van der Waals surface area contributed by atoms with Gasteiger partial charge in [0.1, 0.15) is 5.82 Å². The van der Waals surface area contributed by atoms with Gasteiger partial charge in [0, 0.05) is 5.39 Å². The van der Waals surface area contributed by atoms with Gasteiger partial charge < -0.3 is 16.2 Å². The van der Waals surface area contributed by atoms with Gasteiger partial charge in [-0.05, 0) is 18.6 Å². The zero-order chi connectivity index (χ0) is 13.7. The Morgan fingerprint density at radius 1 is 1.32 bits per heavy atom. The third-order valence-corrected chi connectivity index (χ3v) is 3.09. The molecular formula is C14H20N4O. The first-order valence-electron chi connectivity index (χ1n) is 6.64. The molecule has 0 spiro atoms. The number of fused-ring (bicyclic) bond motifs is 1. The first-order valence-corrected chi connectivity index (χ1v) is 6.64. The topological polar surface area (TPSA) is 84.1 Å². The van der Waals surface area contributed by atoms with Gasteiger partial charge in [0.05, 0.1) is 18.2 Å². The van der Waals surface area contributed by atoms with Crippen molar-refractivity contribution in [1.82, 2.24) is 9.97 Å². The van der Waals surface area contributed by atoms with E-state index in [1.54, 1.807) is 0 Å². The number of hydrogen-bond acceptors (Lipinski definition) is 5. The Morgan fingerprint density at radius 2 is 2.11 bits per heavy atom. The lowest BCUT2D eigenvalue weighted by atomic mass is 10.1. The molecule has 1 aromatic heterocycles. The lowest BCUT2D eigenvalue weighted by molar-refractivity contribution is 0.267. The summed E-state index contributed by atoms with van der Waals surface area (Å²) in [5, 5.41) is 13.6. The van der Waals surface area contributed by atoms with Crippen LogP contribution in [0.4, 0.5) is 11.8 Å². The van der Waals surface area contributed by atoms with Crippen molar-refractivity contribution in [3.63, 3.8) is 0 Å². The lowest BCUT2D eigenvalue weighted by Crippen LogP contribution is -2.24. The molecule has 19 heavy (non-hydrogen) atoms. The Balaban J connectivity index is 2.28. The molecule has 0 radical (unpaired) electrons. The van der Waals surface area contributed by atoms with Crippen LogP contribution in [0.1, 0.15) is 26.2 Å². The molecule has 2 rings (SSSR count). The Bertz CT molecular complexity index is 544. The molecule has 0 bridgehead atoms. The standard InChI is InChI=1S/C14H20N4O/c1-2-3-6-10(9-19)16-13-11-7-4-5-8-12(11)17-14(15)18-13/h4-5,7-8,10,19H,2-3,6,9H2,1H3,(H3,15,16,17,18)/t10-/m0/s1. The Morgan fingerprint density at radius 3 is 2.84 bits per heavy atom. The number of anilines is 2. The van der Waals surface area contributed by atoms with Gasteiger partial charge in [-0.3, -0.25) is 0 Å². The van der Waals surface area contributed by atoms with E-state index >= 15 is 0 Å². The molecule has 1 heterocycles. The molecule has 0 saturated carbocycles. The van der Waals surface area contributed by atoms with Crippen LogP contribution in [-0.4, -0.2) is 27.7 Å². The highest BCUT2D eigenvalue weighted by Crippen LogP contribution is 2.22. The van der Waals surface area contributed by atoms with Gasteiger partial charge in [0.2, 0.25) is 5.95 Å². The maximum Gasteiger partial charge on any atom is 0.222 e. The Labute approximate surface area is 112 Å². The molecule has 0 saturated heterocycles. The van der Waals surface area contributed by atoms with Crippen LogP contribution in [0, 0.1) is 0 Å². The number of rotatable bonds is 6. The molecule has 1 atom stereocenters. The molecule has 102 valence electrons. The van der Waals surface area contributed by atoms with Crippen LogP contribution in [0.25, 0.3) is 10.9 Å². The van der Waals surface area contributed by atoms with Gasteiger partial charge in [0.25, 0.3) is 0 Å². The van der Waals surface area contributed by atoms with Crippen LogP contribution in [0.15, 0.2) is 24.3 Å². The van der Waals surface area contributed by atoms with Crippen molar-refractivity contribution in [2.45, 2.75) is 32.2 Å². The fourth-order valence-corrected chi connectivity index (χ4v) is 2.06. The smallest absolute Gasteiger partial charge is 0.222 e. The van der Waals surface area contributed by atoms with E-state index < -0.39 is 0 Å². The van der Waals surface area contributed by atoms with Gasteiger partial charge in [0.15, 0.2) is 0 Å². The fraction of sp³-hybridized carbons (Fsp3) is 0.429. The van der Waals surface area contributed by atoms with Crippen molar-refractivity contribution in [3.05, 3.63) is 24.3 Å². The van der Waals surface area contributed by atoms with E-state index in [1.807, 2.05) is 24.3 Å². The quantitative estimate of drug-likeness (QED) is 0.741. The fourth-order valence-electron chi connectivity index (χ4n) is 2.06. The molecule has 0 aliphatic rings. The largest absolute Gasteiger partial charge is 0.394 e. The number of nitrogens with one attached hydrogen (secondary N) is 1. The maximum atomic E-state index is 9.42. The van der Waals surface area contributed by atoms with Gasteiger partial charge >= 0.3 is 0 Å². The van der Waals surface area contributed by atoms with E-state index in [4.69, 9.17) is 5.73 Å². The molecule has 0 amide bonds. The zero-order valence-corrected chi connectivity index (χ0v) is 11.1. The van der Waals surface area contributed by atoms with Crippen LogP contribution in [-0.2, 0) is 0 Å². The summed E-state index contributed by atoms with van der Waals surface area (Å²) < 4.78 is 0. The van der Waals surface area contributed by atoms with Gasteiger partial charge in [-0.2, -0.15) is 4.98 Å². The number of nitrogens with zero attached hydrogens (tertiary/aromatic N) is 2. The summed E-state index contributed by atoms with van der Waals surface area (Å²) >= 11 is 0. The van der Waals surface area contributed by atoms with E-state index in [0.29, 0.717) is 5.82 Å². The average molecular weight is 260 g/mol. The van der Waals surface area contributed by atoms with Crippen molar-refractivity contribution in [2.75, 3.05) is 17.7 Å². The monoisotopic (exact) mass is 260 g/mol. The summed E-state index contributed by atoms with van der Waals surface area (Å²) in [5.74, 6) is 0.937. The van der Waals surface area contributed by atoms with Crippen molar-refractivity contribution in [3.8, 4) is 0 Å². The highest BCUT2D eigenvalue weighted by atomic mass is 16.3. The van der Waals surface area contributed by atoms with E-state index in [1.165, 1.54) is 0 Å². The number of aliphatic hydroxyl groups excluding tert-OH is 1. The highest BCUT2D eigenvalue weighted by molar-refractivity contribution is 5.89. The summed E-state index contributed by atoms with van der Waals surface area (Å²) in [6, 6.07) is 7.70. The number of aromatic nitrogens is 2. The molecule has 2 aromatic rings.